The molecule has 0 spiro atoms. The van der Waals surface area contributed by atoms with Gasteiger partial charge in [0.05, 0.1) is 18.1 Å². The first kappa shape index (κ1) is 15.4. The highest BCUT2D eigenvalue weighted by Crippen LogP contribution is 2.16. The van der Waals surface area contributed by atoms with E-state index in [0.717, 1.165) is 25.2 Å². The minimum Gasteiger partial charge on any atom is -0.336 e. The van der Waals surface area contributed by atoms with Gasteiger partial charge in [-0.15, -0.1) is 0 Å². The highest BCUT2D eigenvalue weighted by Gasteiger charge is 2.12. The lowest BCUT2D eigenvalue weighted by Crippen LogP contribution is -2.26. The summed E-state index contributed by atoms with van der Waals surface area (Å²) in [7, 11) is 0. The monoisotopic (exact) mass is 306 g/mol. The Morgan fingerprint density at radius 3 is 2.70 bits per heavy atom. The van der Waals surface area contributed by atoms with Gasteiger partial charge in [-0.05, 0) is 23.6 Å². The Hall–Kier alpha value is -2.46. The average molecular weight is 306 g/mol. The van der Waals surface area contributed by atoms with E-state index in [1.165, 1.54) is 11.1 Å². The third kappa shape index (κ3) is 4.05. The molecule has 118 valence electrons. The highest BCUT2D eigenvalue weighted by atomic mass is 15.1. The number of benzene rings is 1. The summed E-state index contributed by atoms with van der Waals surface area (Å²) in [6, 6.07) is 14.9. The maximum Gasteiger partial charge on any atom is 0.0946 e. The fourth-order valence-corrected chi connectivity index (χ4v) is 2.75. The Balaban J connectivity index is 1.76. The van der Waals surface area contributed by atoms with E-state index in [1.807, 2.05) is 37.1 Å². The van der Waals surface area contributed by atoms with Gasteiger partial charge in [0.15, 0.2) is 0 Å². The zero-order valence-electron chi connectivity index (χ0n) is 13.4. The molecule has 1 unspecified atom stereocenters. The molecule has 2 aromatic heterocycles. The molecule has 1 atom stereocenters. The summed E-state index contributed by atoms with van der Waals surface area (Å²) in [5.41, 5.74) is 3.70. The van der Waals surface area contributed by atoms with Crippen LogP contribution in [-0.4, -0.2) is 14.5 Å². The Bertz CT molecular complexity index is 707. The van der Waals surface area contributed by atoms with Gasteiger partial charge in [0, 0.05) is 31.7 Å². The molecule has 1 aromatic carbocycles. The average Bonchev–Trinajstić information content (AvgIpc) is 3.12. The van der Waals surface area contributed by atoms with Gasteiger partial charge in [-0.3, -0.25) is 4.98 Å². The molecule has 0 aliphatic carbocycles. The SMILES string of the molecule is CCc1cccnc1CNC(Cn1ccnc1)c1ccccc1. The predicted octanol–water partition coefficient (Wildman–Crippen LogP) is 3.37. The third-order valence-electron chi connectivity index (χ3n) is 4.04. The van der Waals surface area contributed by atoms with Crippen molar-refractivity contribution in [3.8, 4) is 0 Å². The molecule has 3 aromatic rings. The summed E-state index contributed by atoms with van der Waals surface area (Å²) in [6.45, 7) is 3.78. The number of nitrogens with one attached hydrogen (secondary N) is 1. The van der Waals surface area contributed by atoms with Gasteiger partial charge in [0.2, 0.25) is 0 Å². The van der Waals surface area contributed by atoms with Crippen molar-refractivity contribution in [2.24, 2.45) is 0 Å². The number of pyridine rings is 1. The van der Waals surface area contributed by atoms with E-state index in [1.54, 1.807) is 0 Å². The summed E-state index contributed by atoms with van der Waals surface area (Å²) >= 11 is 0. The lowest BCUT2D eigenvalue weighted by Gasteiger charge is -2.20. The number of hydrogen-bond donors (Lipinski definition) is 1. The van der Waals surface area contributed by atoms with Crippen LogP contribution in [0.5, 0.6) is 0 Å². The Labute approximate surface area is 137 Å². The maximum atomic E-state index is 4.53. The fraction of sp³-hybridized carbons (Fsp3) is 0.263. The van der Waals surface area contributed by atoms with E-state index < -0.39 is 0 Å². The second-order valence-corrected chi connectivity index (χ2v) is 5.57. The van der Waals surface area contributed by atoms with Crippen LogP contribution in [0.4, 0.5) is 0 Å². The Morgan fingerprint density at radius 1 is 1.09 bits per heavy atom. The molecule has 4 nitrogen and oxygen atoms in total. The summed E-state index contributed by atoms with van der Waals surface area (Å²) < 4.78 is 2.10. The summed E-state index contributed by atoms with van der Waals surface area (Å²) in [5.74, 6) is 0. The van der Waals surface area contributed by atoms with Crippen LogP contribution in [0.2, 0.25) is 0 Å². The van der Waals surface area contributed by atoms with Gasteiger partial charge in [0.25, 0.3) is 0 Å². The van der Waals surface area contributed by atoms with Crippen LogP contribution < -0.4 is 5.32 Å². The van der Waals surface area contributed by atoms with E-state index in [2.05, 4.69) is 57.1 Å². The molecular weight excluding hydrogens is 284 g/mol. The number of hydrogen-bond acceptors (Lipinski definition) is 3. The quantitative estimate of drug-likeness (QED) is 0.728. The van der Waals surface area contributed by atoms with E-state index in [-0.39, 0.29) is 6.04 Å². The fourth-order valence-electron chi connectivity index (χ4n) is 2.75. The minimum absolute atomic E-state index is 0.220. The molecule has 4 heteroatoms. The lowest BCUT2D eigenvalue weighted by molar-refractivity contribution is 0.458. The van der Waals surface area contributed by atoms with Gasteiger partial charge >= 0.3 is 0 Å². The Morgan fingerprint density at radius 2 is 1.96 bits per heavy atom. The number of rotatable bonds is 7. The van der Waals surface area contributed by atoms with Crippen LogP contribution in [0.3, 0.4) is 0 Å². The first-order valence-corrected chi connectivity index (χ1v) is 8.03. The molecule has 0 aliphatic rings. The molecule has 1 N–H and O–H groups in total. The number of nitrogens with zero attached hydrogens (tertiary/aromatic N) is 3. The topological polar surface area (TPSA) is 42.7 Å². The predicted molar refractivity (Wildman–Crippen MR) is 91.9 cm³/mol. The first-order chi connectivity index (χ1) is 11.4. The molecule has 0 saturated heterocycles. The van der Waals surface area contributed by atoms with Crippen LogP contribution in [-0.2, 0) is 19.5 Å². The lowest BCUT2D eigenvalue weighted by atomic mass is 10.1. The minimum atomic E-state index is 0.220. The highest BCUT2D eigenvalue weighted by molar-refractivity contribution is 5.22. The zero-order chi connectivity index (χ0) is 15.9. The molecular formula is C19H22N4. The van der Waals surface area contributed by atoms with Gasteiger partial charge < -0.3 is 9.88 Å². The molecule has 0 bridgehead atoms. The van der Waals surface area contributed by atoms with Crippen molar-refractivity contribution in [2.75, 3.05) is 0 Å². The summed E-state index contributed by atoms with van der Waals surface area (Å²) in [6.07, 6.45) is 8.54. The van der Waals surface area contributed by atoms with Crippen molar-refractivity contribution in [3.63, 3.8) is 0 Å². The van der Waals surface area contributed by atoms with E-state index in [0.29, 0.717) is 0 Å². The van der Waals surface area contributed by atoms with Gasteiger partial charge in [-0.1, -0.05) is 43.3 Å². The smallest absolute Gasteiger partial charge is 0.0946 e. The summed E-state index contributed by atoms with van der Waals surface area (Å²) in [5, 5.41) is 3.65. The molecule has 23 heavy (non-hydrogen) atoms. The normalized spacial score (nSPS) is 12.2. The van der Waals surface area contributed by atoms with Crippen molar-refractivity contribution in [2.45, 2.75) is 32.5 Å². The first-order valence-electron chi connectivity index (χ1n) is 8.03. The van der Waals surface area contributed by atoms with Crippen molar-refractivity contribution in [1.29, 1.82) is 0 Å². The largest absolute Gasteiger partial charge is 0.336 e. The standard InChI is InChI=1S/C19H22N4/c1-2-16-9-6-10-21-18(16)13-22-19(14-23-12-11-20-15-23)17-7-4-3-5-8-17/h3-12,15,19,22H,2,13-14H2,1H3. The van der Waals surface area contributed by atoms with E-state index in [9.17, 15) is 0 Å². The van der Waals surface area contributed by atoms with Crippen LogP contribution >= 0.6 is 0 Å². The van der Waals surface area contributed by atoms with Crippen LogP contribution in [0.1, 0.15) is 29.8 Å². The van der Waals surface area contributed by atoms with Crippen LogP contribution in [0.15, 0.2) is 67.4 Å². The van der Waals surface area contributed by atoms with E-state index in [4.69, 9.17) is 0 Å². The van der Waals surface area contributed by atoms with E-state index >= 15 is 0 Å². The molecule has 0 radical (unpaired) electrons. The van der Waals surface area contributed by atoms with Crippen molar-refractivity contribution in [3.05, 3.63) is 84.2 Å². The second-order valence-electron chi connectivity index (χ2n) is 5.57. The van der Waals surface area contributed by atoms with Crippen molar-refractivity contribution >= 4 is 0 Å². The zero-order valence-corrected chi connectivity index (χ0v) is 13.4. The summed E-state index contributed by atoms with van der Waals surface area (Å²) in [4.78, 5) is 8.67. The number of aromatic nitrogens is 3. The molecule has 0 amide bonds. The van der Waals surface area contributed by atoms with Gasteiger partial charge in [-0.25, -0.2) is 4.98 Å². The van der Waals surface area contributed by atoms with Gasteiger partial charge in [0.1, 0.15) is 0 Å². The molecule has 0 fully saturated rings. The third-order valence-corrected chi connectivity index (χ3v) is 4.04. The Kier molecular flexibility index (Phi) is 5.17. The molecule has 2 heterocycles. The molecule has 0 saturated carbocycles. The van der Waals surface area contributed by atoms with Crippen LogP contribution in [0.25, 0.3) is 0 Å². The second kappa shape index (κ2) is 7.70. The molecule has 0 aliphatic heterocycles. The van der Waals surface area contributed by atoms with Crippen LogP contribution in [0, 0.1) is 0 Å². The maximum absolute atomic E-state index is 4.53. The number of aryl methyl sites for hydroxylation is 1. The van der Waals surface area contributed by atoms with Crippen molar-refractivity contribution < 1.29 is 0 Å². The van der Waals surface area contributed by atoms with Crippen molar-refractivity contribution in [1.82, 2.24) is 19.9 Å². The molecule has 3 rings (SSSR count). The number of imidazole rings is 1. The van der Waals surface area contributed by atoms with Gasteiger partial charge in [-0.2, -0.15) is 0 Å².